The van der Waals surface area contributed by atoms with Gasteiger partial charge in [-0.2, -0.15) is 0 Å². The molecule has 5 nitrogen and oxygen atoms in total. The fourth-order valence-corrected chi connectivity index (χ4v) is 3.62. The average Bonchev–Trinajstić information content (AvgIpc) is 3.20. The highest BCUT2D eigenvalue weighted by atomic mass is 35.5. The Bertz CT molecular complexity index is 726. The van der Waals surface area contributed by atoms with Crippen molar-refractivity contribution in [1.29, 1.82) is 0 Å². The maximum Gasteiger partial charge on any atom is 0.231 e. The normalized spacial score (nSPS) is 21.8. The van der Waals surface area contributed by atoms with Crippen LogP contribution in [0.3, 0.4) is 0 Å². The Morgan fingerprint density at radius 2 is 1.84 bits per heavy atom. The van der Waals surface area contributed by atoms with Gasteiger partial charge in [-0.25, -0.2) is 0 Å². The van der Waals surface area contributed by atoms with Crippen LogP contribution in [0.1, 0.15) is 17.0 Å². The average molecular weight is 363 g/mol. The second-order valence-corrected chi connectivity index (χ2v) is 6.39. The topological polar surface area (TPSA) is 57.0 Å². The van der Waals surface area contributed by atoms with Crippen molar-refractivity contribution >= 4 is 12.4 Å². The van der Waals surface area contributed by atoms with Gasteiger partial charge in [-0.05, 0) is 11.6 Å². The zero-order valence-electron chi connectivity index (χ0n) is 14.2. The fourth-order valence-electron chi connectivity index (χ4n) is 3.62. The summed E-state index contributed by atoms with van der Waals surface area (Å²) in [6.45, 7) is 2.88. The lowest BCUT2D eigenvalue weighted by Crippen LogP contribution is -2.28. The number of hydrogen-bond acceptors (Lipinski definition) is 5. The standard InChI is InChI=1S/C19H22N2O3.ClH/c1-22-17-8-19-18(23-12-24-19)7-14(17)9-21-10-15(16(20)11-21)13-5-3-2-4-6-13;/h2-8,15-16H,9-12,20H2,1H3;1H/t15-,16+;/m0./s1. The first-order valence-electron chi connectivity index (χ1n) is 8.24. The second-order valence-electron chi connectivity index (χ2n) is 6.39. The van der Waals surface area contributed by atoms with Crippen LogP contribution in [0.25, 0.3) is 0 Å². The number of likely N-dealkylation sites (tertiary alicyclic amines) is 1. The van der Waals surface area contributed by atoms with Gasteiger partial charge in [-0.1, -0.05) is 30.3 Å². The lowest BCUT2D eigenvalue weighted by molar-refractivity contribution is 0.174. The molecule has 1 fully saturated rings. The molecule has 0 saturated carbocycles. The third-order valence-corrected chi connectivity index (χ3v) is 4.84. The predicted molar refractivity (Wildman–Crippen MR) is 98.8 cm³/mol. The van der Waals surface area contributed by atoms with Crippen molar-refractivity contribution in [2.45, 2.75) is 18.5 Å². The van der Waals surface area contributed by atoms with E-state index in [-0.39, 0.29) is 25.2 Å². The summed E-state index contributed by atoms with van der Waals surface area (Å²) in [5.41, 5.74) is 8.81. The van der Waals surface area contributed by atoms with E-state index < -0.39 is 0 Å². The number of rotatable bonds is 4. The molecule has 2 aromatic carbocycles. The van der Waals surface area contributed by atoms with Gasteiger partial charge >= 0.3 is 0 Å². The van der Waals surface area contributed by atoms with Crippen molar-refractivity contribution in [1.82, 2.24) is 4.90 Å². The van der Waals surface area contributed by atoms with Crippen molar-refractivity contribution < 1.29 is 14.2 Å². The molecular weight excluding hydrogens is 340 g/mol. The van der Waals surface area contributed by atoms with Crippen LogP contribution in [-0.4, -0.2) is 37.9 Å². The van der Waals surface area contributed by atoms with Crippen LogP contribution in [-0.2, 0) is 6.54 Å². The summed E-state index contributed by atoms with van der Waals surface area (Å²) >= 11 is 0. The van der Waals surface area contributed by atoms with E-state index in [4.69, 9.17) is 19.9 Å². The van der Waals surface area contributed by atoms with Gasteiger partial charge in [0.25, 0.3) is 0 Å². The van der Waals surface area contributed by atoms with Crippen LogP contribution in [0.2, 0.25) is 0 Å². The number of nitrogens with zero attached hydrogens (tertiary/aromatic N) is 1. The quantitative estimate of drug-likeness (QED) is 0.906. The molecule has 2 aliphatic heterocycles. The first kappa shape index (κ1) is 17.9. The number of nitrogens with two attached hydrogens (primary N) is 1. The van der Waals surface area contributed by atoms with E-state index in [1.807, 2.05) is 18.2 Å². The first-order chi connectivity index (χ1) is 11.7. The highest BCUT2D eigenvalue weighted by Crippen LogP contribution is 2.39. The van der Waals surface area contributed by atoms with Crippen LogP contribution in [0.5, 0.6) is 17.2 Å². The molecular formula is C19H23ClN2O3. The molecule has 0 spiro atoms. The minimum atomic E-state index is 0. The molecule has 134 valence electrons. The lowest BCUT2D eigenvalue weighted by atomic mass is 9.95. The van der Waals surface area contributed by atoms with Gasteiger partial charge in [0.2, 0.25) is 6.79 Å². The summed E-state index contributed by atoms with van der Waals surface area (Å²) in [5, 5.41) is 0. The number of methoxy groups -OCH3 is 1. The zero-order chi connectivity index (χ0) is 16.5. The minimum Gasteiger partial charge on any atom is -0.496 e. The zero-order valence-corrected chi connectivity index (χ0v) is 15.0. The molecule has 1 saturated heterocycles. The highest BCUT2D eigenvalue weighted by molar-refractivity contribution is 5.85. The van der Waals surface area contributed by atoms with Gasteiger partial charge in [0, 0.05) is 43.2 Å². The van der Waals surface area contributed by atoms with E-state index in [2.05, 4.69) is 29.2 Å². The molecule has 6 heteroatoms. The monoisotopic (exact) mass is 362 g/mol. The number of fused-ring (bicyclic) bond motifs is 1. The number of benzene rings is 2. The van der Waals surface area contributed by atoms with Gasteiger partial charge in [-0.3, -0.25) is 4.90 Å². The Morgan fingerprint density at radius 3 is 2.56 bits per heavy atom. The molecule has 2 aromatic rings. The molecule has 4 rings (SSSR count). The Hall–Kier alpha value is -1.95. The predicted octanol–water partition coefficient (Wildman–Crippen LogP) is 2.77. The Balaban J connectivity index is 0.00000182. The van der Waals surface area contributed by atoms with Crippen molar-refractivity contribution in [2.75, 3.05) is 27.0 Å². The van der Waals surface area contributed by atoms with Gasteiger partial charge in [0.15, 0.2) is 11.5 Å². The summed E-state index contributed by atoms with van der Waals surface area (Å²) in [4.78, 5) is 2.38. The Labute approximate surface area is 154 Å². The molecule has 25 heavy (non-hydrogen) atoms. The van der Waals surface area contributed by atoms with Crippen molar-refractivity contribution in [3.8, 4) is 17.2 Å². The van der Waals surface area contributed by atoms with Gasteiger partial charge in [0.05, 0.1) is 7.11 Å². The number of hydrogen-bond donors (Lipinski definition) is 1. The smallest absolute Gasteiger partial charge is 0.231 e. The van der Waals surface area contributed by atoms with Gasteiger partial charge in [-0.15, -0.1) is 12.4 Å². The lowest BCUT2D eigenvalue weighted by Gasteiger charge is -2.18. The Kier molecular flexibility index (Phi) is 5.37. The van der Waals surface area contributed by atoms with E-state index in [1.54, 1.807) is 7.11 Å². The summed E-state index contributed by atoms with van der Waals surface area (Å²) in [7, 11) is 1.68. The fraction of sp³-hybridized carbons (Fsp3) is 0.368. The molecule has 2 heterocycles. The second kappa shape index (κ2) is 7.52. The van der Waals surface area contributed by atoms with E-state index in [9.17, 15) is 0 Å². The molecule has 2 atom stereocenters. The molecule has 0 amide bonds. The summed E-state index contributed by atoms with van der Waals surface area (Å²) in [6, 6.07) is 14.6. The molecule has 2 N–H and O–H groups in total. The number of halogens is 1. The molecule has 0 aromatic heterocycles. The summed E-state index contributed by atoms with van der Waals surface area (Å²) < 4.78 is 16.4. The Morgan fingerprint density at radius 1 is 1.12 bits per heavy atom. The van der Waals surface area contributed by atoms with E-state index >= 15 is 0 Å². The van der Waals surface area contributed by atoms with Crippen LogP contribution >= 0.6 is 12.4 Å². The van der Waals surface area contributed by atoms with Crippen LogP contribution in [0.15, 0.2) is 42.5 Å². The van der Waals surface area contributed by atoms with E-state index in [0.29, 0.717) is 5.92 Å². The number of ether oxygens (including phenoxy) is 3. The first-order valence-corrected chi connectivity index (χ1v) is 8.24. The van der Waals surface area contributed by atoms with Gasteiger partial charge in [0.1, 0.15) is 5.75 Å². The van der Waals surface area contributed by atoms with Crippen LogP contribution in [0, 0.1) is 0 Å². The van der Waals surface area contributed by atoms with Gasteiger partial charge < -0.3 is 19.9 Å². The molecule has 0 aliphatic carbocycles. The van der Waals surface area contributed by atoms with Crippen molar-refractivity contribution in [3.63, 3.8) is 0 Å². The third kappa shape index (κ3) is 3.54. The van der Waals surface area contributed by atoms with Crippen molar-refractivity contribution in [2.24, 2.45) is 5.73 Å². The van der Waals surface area contributed by atoms with Crippen molar-refractivity contribution in [3.05, 3.63) is 53.6 Å². The third-order valence-electron chi connectivity index (χ3n) is 4.84. The highest BCUT2D eigenvalue weighted by Gasteiger charge is 2.32. The molecule has 2 aliphatic rings. The van der Waals surface area contributed by atoms with Crippen LogP contribution < -0.4 is 19.9 Å². The maximum absolute atomic E-state index is 6.40. The molecule has 0 bridgehead atoms. The van der Waals surface area contributed by atoms with Crippen LogP contribution in [0.4, 0.5) is 0 Å². The largest absolute Gasteiger partial charge is 0.496 e. The summed E-state index contributed by atoms with van der Waals surface area (Å²) in [6.07, 6.45) is 0. The maximum atomic E-state index is 6.40. The minimum absolute atomic E-state index is 0. The van der Waals surface area contributed by atoms with E-state index in [0.717, 1.165) is 42.4 Å². The SMILES string of the molecule is COc1cc2c(cc1CN1C[C@@H](N)[C@H](c3ccccc3)C1)OCO2.Cl. The molecule has 0 radical (unpaired) electrons. The van der Waals surface area contributed by atoms with E-state index in [1.165, 1.54) is 5.56 Å². The summed E-state index contributed by atoms with van der Waals surface area (Å²) in [5.74, 6) is 2.73. The molecule has 0 unspecified atom stereocenters.